The smallest absolute Gasteiger partial charge is 0.209 e. The van der Waals surface area contributed by atoms with Crippen molar-refractivity contribution in [2.24, 2.45) is 0 Å². The standard InChI is InChI=1S/C12H7FO2S/c13-11-10(15-16)6-5-8-7-3-1-2-4-9(7)14-12(8)11/h1-6,16H. The zero-order chi connectivity index (χ0) is 11.1. The minimum Gasteiger partial charge on any atom is -0.453 e. The number of hydrogen-bond acceptors (Lipinski definition) is 3. The molecule has 80 valence electrons. The van der Waals surface area contributed by atoms with Gasteiger partial charge >= 0.3 is 0 Å². The first-order chi connectivity index (χ1) is 7.81. The SMILES string of the molecule is Fc1c(OS)ccc2c1oc1ccccc12. The molecule has 0 aliphatic carbocycles. The largest absolute Gasteiger partial charge is 0.453 e. The summed E-state index contributed by atoms with van der Waals surface area (Å²) in [5.41, 5.74) is 0.862. The van der Waals surface area contributed by atoms with Crippen molar-refractivity contribution in [3.05, 3.63) is 42.2 Å². The van der Waals surface area contributed by atoms with Crippen molar-refractivity contribution in [2.75, 3.05) is 0 Å². The topological polar surface area (TPSA) is 22.4 Å². The van der Waals surface area contributed by atoms with Crippen LogP contribution in [0.2, 0.25) is 0 Å². The van der Waals surface area contributed by atoms with Gasteiger partial charge in [0.05, 0.1) is 0 Å². The Morgan fingerprint density at radius 2 is 1.88 bits per heavy atom. The number of hydrogen-bond donors (Lipinski definition) is 1. The van der Waals surface area contributed by atoms with E-state index >= 15 is 0 Å². The number of para-hydroxylation sites is 1. The van der Waals surface area contributed by atoms with Crippen molar-refractivity contribution >= 4 is 34.8 Å². The summed E-state index contributed by atoms with van der Waals surface area (Å²) in [6, 6.07) is 10.7. The van der Waals surface area contributed by atoms with Crippen LogP contribution in [0, 0.1) is 5.82 Å². The van der Waals surface area contributed by atoms with Crippen molar-refractivity contribution < 1.29 is 13.0 Å². The summed E-state index contributed by atoms with van der Waals surface area (Å²) < 4.78 is 23.9. The van der Waals surface area contributed by atoms with Crippen LogP contribution in [0.3, 0.4) is 0 Å². The summed E-state index contributed by atoms with van der Waals surface area (Å²) >= 11 is 3.59. The number of furan rings is 1. The van der Waals surface area contributed by atoms with Crippen LogP contribution in [-0.4, -0.2) is 0 Å². The molecule has 0 saturated heterocycles. The van der Waals surface area contributed by atoms with Gasteiger partial charge in [-0.3, -0.25) is 0 Å². The monoisotopic (exact) mass is 234 g/mol. The molecule has 0 atom stereocenters. The number of thiol groups is 1. The maximum atomic E-state index is 13.8. The Hall–Kier alpha value is -1.68. The highest BCUT2D eigenvalue weighted by molar-refractivity contribution is 7.75. The Kier molecular flexibility index (Phi) is 2.04. The molecule has 4 heteroatoms. The normalized spacial score (nSPS) is 11.1. The van der Waals surface area contributed by atoms with Crippen molar-refractivity contribution in [3.8, 4) is 5.75 Å². The summed E-state index contributed by atoms with van der Waals surface area (Å²) in [5, 5.41) is 1.63. The molecule has 0 amide bonds. The molecule has 0 N–H and O–H groups in total. The molecule has 0 spiro atoms. The molecule has 1 heterocycles. The third kappa shape index (κ3) is 1.20. The van der Waals surface area contributed by atoms with E-state index in [0.29, 0.717) is 5.58 Å². The third-order valence-electron chi connectivity index (χ3n) is 2.55. The number of rotatable bonds is 1. The Labute approximate surface area is 96.2 Å². The maximum Gasteiger partial charge on any atom is 0.209 e. The Balaban J connectivity index is 2.49. The fourth-order valence-corrected chi connectivity index (χ4v) is 1.95. The maximum absolute atomic E-state index is 13.8. The van der Waals surface area contributed by atoms with Gasteiger partial charge in [0.1, 0.15) is 5.58 Å². The first kappa shape index (κ1) is 9.54. The van der Waals surface area contributed by atoms with E-state index in [-0.39, 0.29) is 11.3 Å². The van der Waals surface area contributed by atoms with Gasteiger partial charge in [0.2, 0.25) is 5.82 Å². The molecule has 0 aliphatic heterocycles. The number of benzene rings is 2. The number of halogens is 1. The van der Waals surface area contributed by atoms with Gasteiger partial charge in [-0.05, 0) is 18.2 Å². The Bertz CT molecular complexity index is 675. The van der Waals surface area contributed by atoms with Crippen LogP contribution in [0.5, 0.6) is 5.75 Å². The minimum atomic E-state index is -0.524. The minimum absolute atomic E-state index is 0.0647. The lowest BCUT2D eigenvalue weighted by Gasteiger charge is -1.98. The molecule has 3 aromatic rings. The average Bonchev–Trinajstić information content (AvgIpc) is 2.69. The summed E-state index contributed by atoms with van der Waals surface area (Å²) in [6.07, 6.45) is 0. The van der Waals surface area contributed by atoms with Crippen LogP contribution in [0.15, 0.2) is 40.8 Å². The highest BCUT2D eigenvalue weighted by atomic mass is 32.1. The van der Waals surface area contributed by atoms with Gasteiger partial charge in [-0.15, -0.1) is 0 Å². The van der Waals surface area contributed by atoms with Gasteiger partial charge < -0.3 is 8.60 Å². The van der Waals surface area contributed by atoms with E-state index in [9.17, 15) is 4.39 Å². The highest BCUT2D eigenvalue weighted by Crippen LogP contribution is 2.34. The van der Waals surface area contributed by atoms with Gasteiger partial charge in [0.15, 0.2) is 11.3 Å². The quantitative estimate of drug-likeness (QED) is 0.508. The summed E-state index contributed by atoms with van der Waals surface area (Å²) in [6.45, 7) is 0. The molecule has 2 nitrogen and oxygen atoms in total. The Morgan fingerprint density at radius 3 is 2.69 bits per heavy atom. The highest BCUT2D eigenvalue weighted by Gasteiger charge is 2.14. The lowest BCUT2D eigenvalue weighted by molar-refractivity contribution is 0.531. The predicted molar refractivity (Wildman–Crippen MR) is 63.3 cm³/mol. The lowest BCUT2D eigenvalue weighted by Crippen LogP contribution is -1.82. The van der Waals surface area contributed by atoms with E-state index in [1.54, 1.807) is 12.1 Å². The van der Waals surface area contributed by atoms with E-state index < -0.39 is 5.82 Å². The molecule has 0 fully saturated rings. The van der Waals surface area contributed by atoms with E-state index in [1.165, 1.54) is 6.07 Å². The van der Waals surface area contributed by atoms with Crippen LogP contribution in [0.25, 0.3) is 21.9 Å². The third-order valence-corrected chi connectivity index (χ3v) is 2.75. The molecule has 3 rings (SSSR count). The zero-order valence-electron chi connectivity index (χ0n) is 8.11. The van der Waals surface area contributed by atoms with Crippen LogP contribution >= 0.6 is 12.9 Å². The van der Waals surface area contributed by atoms with E-state index in [2.05, 4.69) is 17.1 Å². The van der Waals surface area contributed by atoms with Crippen molar-refractivity contribution in [2.45, 2.75) is 0 Å². The van der Waals surface area contributed by atoms with E-state index in [0.717, 1.165) is 10.8 Å². The number of fused-ring (bicyclic) bond motifs is 3. The summed E-state index contributed by atoms with van der Waals surface area (Å²) in [5.74, 6) is -0.460. The van der Waals surface area contributed by atoms with Gasteiger partial charge in [-0.1, -0.05) is 18.2 Å². The molecule has 0 aliphatic rings. The molecule has 1 aromatic heterocycles. The lowest BCUT2D eigenvalue weighted by atomic mass is 10.1. The van der Waals surface area contributed by atoms with Crippen molar-refractivity contribution in [1.29, 1.82) is 0 Å². The average molecular weight is 234 g/mol. The second kappa shape index (κ2) is 3.42. The van der Waals surface area contributed by atoms with Gasteiger partial charge in [-0.2, -0.15) is 4.39 Å². The molecular formula is C12H7FO2S. The molecule has 0 unspecified atom stereocenters. The predicted octanol–water partition coefficient (Wildman–Crippen LogP) is 3.95. The molecule has 0 saturated carbocycles. The van der Waals surface area contributed by atoms with Crippen LogP contribution < -0.4 is 4.18 Å². The Morgan fingerprint density at radius 1 is 1.06 bits per heavy atom. The molecule has 2 aromatic carbocycles. The van der Waals surface area contributed by atoms with Crippen LogP contribution in [0.4, 0.5) is 4.39 Å². The van der Waals surface area contributed by atoms with Crippen molar-refractivity contribution in [3.63, 3.8) is 0 Å². The van der Waals surface area contributed by atoms with Gasteiger partial charge in [-0.25, -0.2) is 0 Å². The van der Waals surface area contributed by atoms with Crippen molar-refractivity contribution in [1.82, 2.24) is 0 Å². The first-order valence-corrected chi connectivity index (χ1v) is 5.09. The molecule has 0 radical (unpaired) electrons. The molecular weight excluding hydrogens is 227 g/mol. The second-order valence-corrected chi connectivity index (χ2v) is 3.63. The van der Waals surface area contributed by atoms with Crippen LogP contribution in [0.1, 0.15) is 0 Å². The second-order valence-electron chi connectivity index (χ2n) is 3.44. The zero-order valence-corrected chi connectivity index (χ0v) is 9.00. The van der Waals surface area contributed by atoms with Crippen LogP contribution in [-0.2, 0) is 0 Å². The fraction of sp³-hybridized carbons (Fsp3) is 0. The van der Waals surface area contributed by atoms with Gasteiger partial charge in [0.25, 0.3) is 0 Å². The summed E-state index contributed by atoms with van der Waals surface area (Å²) in [4.78, 5) is 0. The first-order valence-electron chi connectivity index (χ1n) is 4.72. The van der Waals surface area contributed by atoms with Gasteiger partial charge in [0, 0.05) is 23.7 Å². The fourth-order valence-electron chi connectivity index (χ4n) is 1.81. The summed E-state index contributed by atoms with van der Waals surface area (Å²) in [7, 11) is 0. The molecule has 0 bridgehead atoms. The van der Waals surface area contributed by atoms with E-state index in [1.807, 2.05) is 18.2 Å². The molecule has 16 heavy (non-hydrogen) atoms. The van der Waals surface area contributed by atoms with E-state index in [4.69, 9.17) is 4.42 Å².